The second-order valence-electron chi connectivity index (χ2n) is 7.33. The van der Waals surface area contributed by atoms with Gasteiger partial charge in [-0.2, -0.15) is 5.10 Å². The summed E-state index contributed by atoms with van der Waals surface area (Å²) in [6.45, 7) is 0.134. The number of anilines is 1. The Bertz CT molecular complexity index is 1400. The third-order valence-electron chi connectivity index (χ3n) is 4.74. The van der Waals surface area contributed by atoms with Crippen LogP contribution in [0.25, 0.3) is 22.9 Å². The number of nitrogens with two attached hydrogens (primary N) is 1. The second kappa shape index (κ2) is 9.89. The summed E-state index contributed by atoms with van der Waals surface area (Å²) in [6, 6.07) is 11.2. The first-order chi connectivity index (χ1) is 16.3. The highest BCUT2D eigenvalue weighted by Crippen LogP contribution is 2.25. The van der Waals surface area contributed by atoms with Gasteiger partial charge in [0.2, 0.25) is 15.9 Å². The zero-order valence-electron chi connectivity index (χ0n) is 17.8. The Morgan fingerprint density at radius 3 is 2.74 bits per heavy atom. The van der Waals surface area contributed by atoms with Gasteiger partial charge < -0.3 is 9.84 Å². The predicted molar refractivity (Wildman–Crippen MR) is 120 cm³/mol. The van der Waals surface area contributed by atoms with E-state index in [1.807, 2.05) is 0 Å². The molecule has 3 aromatic heterocycles. The lowest BCUT2D eigenvalue weighted by Crippen LogP contribution is -2.19. The fourth-order valence-corrected chi connectivity index (χ4v) is 3.72. The van der Waals surface area contributed by atoms with Gasteiger partial charge in [-0.05, 0) is 24.6 Å². The maximum absolute atomic E-state index is 14.2. The number of hydrogen-bond acceptors (Lipinski definition) is 8. The molecule has 0 bridgehead atoms. The summed E-state index contributed by atoms with van der Waals surface area (Å²) in [5, 5.41) is 16.0. The maximum Gasteiger partial charge on any atom is 0.225 e. The maximum atomic E-state index is 14.2. The molecule has 0 aliphatic heterocycles. The number of nitrogens with zero attached hydrogens (tertiary/aromatic N) is 5. The molecule has 1 amide bonds. The van der Waals surface area contributed by atoms with E-state index in [0.29, 0.717) is 22.6 Å². The number of hydrogen-bond donors (Lipinski definition) is 2. The van der Waals surface area contributed by atoms with Gasteiger partial charge in [-0.25, -0.2) is 27.9 Å². The van der Waals surface area contributed by atoms with Gasteiger partial charge in [0, 0.05) is 24.2 Å². The smallest absolute Gasteiger partial charge is 0.225 e. The van der Waals surface area contributed by atoms with Crippen LogP contribution in [-0.2, 0) is 21.4 Å². The van der Waals surface area contributed by atoms with Crippen LogP contribution in [0.4, 0.5) is 10.2 Å². The van der Waals surface area contributed by atoms with Crippen LogP contribution in [0.1, 0.15) is 18.4 Å². The Morgan fingerprint density at radius 2 is 2.00 bits per heavy atom. The van der Waals surface area contributed by atoms with Crippen molar-refractivity contribution in [3.05, 3.63) is 66.3 Å². The Kier molecular flexibility index (Phi) is 6.75. The van der Waals surface area contributed by atoms with Crippen molar-refractivity contribution < 1.29 is 22.1 Å². The van der Waals surface area contributed by atoms with Crippen LogP contribution in [-0.4, -0.2) is 45.0 Å². The van der Waals surface area contributed by atoms with E-state index in [2.05, 4.69) is 25.5 Å². The van der Waals surface area contributed by atoms with Gasteiger partial charge in [0.25, 0.3) is 0 Å². The van der Waals surface area contributed by atoms with Crippen LogP contribution in [0.15, 0.2) is 59.4 Å². The molecule has 11 nitrogen and oxygen atoms in total. The Balaban J connectivity index is 1.57. The average molecular weight is 486 g/mol. The largest absolute Gasteiger partial charge is 0.364 e. The van der Waals surface area contributed by atoms with Crippen molar-refractivity contribution in [2.75, 3.05) is 11.1 Å². The number of nitrogens with one attached hydrogen (secondary N) is 1. The molecular formula is C21H20FN7O4S. The normalized spacial score (nSPS) is 11.5. The number of primary sulfonamides is 1. The van der Waals surface area contributed by atoms with E-state index in [0.717, 1.165) is 0 Å². The monoisotopic (exact) mass is 485 g/mol. The molecule has 34 heavy (non-hydrogen) atoms. The third kappa shape index (κ3) is 5.88. The van der Waals surface area contributed by atoms with Gasteiger partial charge >= 0.3 is 0 Å². The Labute approximate surface area is 193 Å². The number of rotatable bonds is 9. The molecule has 0 saturated carbocycles. The lowest BCUT2D eigenvalue weighted by molar-refractivity contribution is -0.116. The third-order valence-corrected chi connectivity index (χ3v) is 5.60. The van der Waals surface area contributed by atoms with Gasteiger partial charge in [0.05, 0.1) is 18.0 Å². The molecule has 0 spiro atoms. The summed E-state index contributed by atoms with van der Waals surface area (Å²) in [4.78, 5) is 20.7. The SMILES string of the molecule is NS(=O)(=O)CCCC(=O)Nc1ccnc(-c2cc(-c3ccon3)n(Cc3ccccc3F)n2)n1. The van der Waals surface area contributed by atoms with E-state index >= 15 is 0 Å². The van der Waals surface area contributed by atoms with Crippen molar-refractivity contribution >= 4 is 21.7 Å². The molecule has 3 N–H and O–H groups in total. The average Bonchev–Trinajstić information content (AvgIpc) is 3.45. The molecule has 0 fully saturated rings. The fourth-order valence-electron chi connectivity index (χ4n) is 3.18. The topological polar surface area (TPSA) is 159 Å². The van der Waals surface area contributed by atoms with Crippen LogP contribution >= 0.6 is 0 Å². The first kappa shape index (κ1) is 23.2. The van der Waals surface area contributed by atoms with Crippen molar-refractivity contribution in [3.63, 3.8) is 0 Å². The molecule has 0 radical (unpaired) electrons. The molecule has 4 rings (SSSR count). The van der Waals surface area contributed by atoms with E-state index in [1.54, 1.807) is 35.0 Å². The number of carbonyl (C=O) groups excluding carboxylic acids is 1. The number of sulfonamides is 1. The van der Waals surface area contributed by atoms with Gasteiger partial charge in [0.15, 0.2) is 5.82 Å². The van der Waals surface area contributed by atoms with Crippen LogP contribution in [0, 0.1) is 5.82 Å². The molecule has 3 heterocycles. The van der Waals surface area contributed by atoms with E-state index < -0.39 is 15.9 Å². The second-order valence-corrected chi connectivity index (χ2v) is 9.07. The van der Waals surface area contributed by atoms with Crippen LogP contribution in [0.3, 0.4) is 0 Å². The van der Waals surface area contributed by atoms with E-state index in [9.17, 15) is 17.6 Å². The van der Waals surface area contributed by atoms with Crippen molar-refractivity contribution in [2.45, 2.75) is 19.4 Å². The van der Waals surface area contributed by atoms with E-state index in [-0.39, 0.29) is 42.6 Å². The molecule has 0 aliphatic rings. The van der Waals surface area contributed by atoms with Crippen molar-refractivity contribution in [3.8, 4) is 22.9 Å². The molecule has 0 atom stereocenters. The van der Waals surface area contributed by atoms with Crippen molar-refractivity contribution in [1.29, 1.82) is 0 Å². The molecule has 4 aromatic rings. The van der Waals surface area contributed by atoms with Crippen molar-refractivity contribution in [1.82, 2.24) is 24.9 Å². The predicted octanol–water partition coefficient (Wildman–Crippen LogP) is 2.19. The van der Waals surface area contributed by atoms with Crippen LogP contribution < -0.4 is 10.5 Å². The lowest BCUT2D eigenvalue weighted by Gasteiger charge is -2.06. The first-order valence-electron chi connectivity index (χ1n) is 10.1. The summed E-state index contributed by atoms with van der Waals surface area (Å²) in [6.07, 6.45) is 2.92. The first-order valence-corrected chi connectivity index (χ1v) is 11.9. The van der Waals surface area contributed by atoms with Crippen LogP contribution in [0.2, 0.25) is 0 Å². The minimum absolute atomic E-state index is 0.0384. The molecule has 0 aliphatic carbocycles. The number of benzene rings is 1. The highest BCUT2D eigenvalue weighted by molar-refractivity contribution is 7.89. The van der Waals surface area contributed by atoms with E-state index in [4.69, 9.17) is 9.66 Å². The van der Waals surface area contributed by atoms with Gasteiger partial charge in [-0.15, -0.1) is 0 Å². The standard InChI is InChI=1S/C21H20FN7O4S/c22-15-5-2-1-4-14(15)13-29-18(16-8-10-33-28-16)12-17(27-29)21-24-9-7-19(26-21)25-20(30)6-3-11-34(23,31)32/h1-2,4-5,7-10,12H,3,6,11,13H2,(H2,23,31,32)(H,24,25,26,30). The summed E-state index contributed by atoms with van der Waals surface area (Å²) in [5.74, 6) is -0.632. The van der Waals surface area contributed by atoms with Crippen molar-refractivity contribution in [2.24, 2.45) is 5.14 Å². The molecule has 13 heteroatoms. The van der Waals surface area contributed by atoms with Gasteiger partial charge in [0.1, 0.15) is 29.3 Å². The summed E-state index contributed by atoms with van der Waals surface area (Å²) in [7, 11) is -3.63. The zero-order valence-corrected chi connectivity index (χ0v) is 18.6. The zero-order chi connectivity index (χ0) is 24.1. The molecular weight excluding hydrogens is 465 g/mol. The minimum atomic E-state index is -3.63. The lowest BCUT2D eigenvalue weighted by atomic mass is 10.2. The summed E-state index contributed by atoms with van der Waals surface area (Å²) < 4.78 is 42.7. The molecule has 1 aromatic carbocycles. The molecule has 0 saturated heterocycles. The van der Waals surface area contributed by atoms with E-state index in [1.165, 1.54) is 24.6 Å². The minimum Gasteiger partial charge on any atom is -0.364 e. The van der Waals surface area contributed by atoms with Crippen LogP contribution in [0.5, 0.6) is 0 Å². The number of aromatic nitrogens is 5. The Hall–Kier alpha value is -3.97. The quantitative estimate of drug-likeness (QED) is 0.365. The number of halogens is 1. The fraction of sp³-hybridized carbons (Fsp3) is 0.190. The number of amides is 1. The molecule has 0 unspecified atom stereocenters. The van der Waals surface area contributed by atoms with Gasteiger partial charge in [-0.1, -0.05) is 23.4 Å². The van der Waals surface area contributed by atoms with Gasteiger partial charge in [-0.3, -0.25) is 9.48 Å². The number of carbonyl (C=O) groups is 1. The highest BCUT2D eigenvalue weighted by atomic mass is 32.2. The summed E-state index contributed by atoms with van der Waals surface area (Å²) >= 11 is 0. The Morgan fingerprint density at radius 1 is 1.18 bits per heavy atom. The highest BCUT2D eigenvalue weighted by Gasteiger charge is 2.17. The summed E-state index contributed by atoms with van der Waals surface area (Å²) in [5.41, 5.74) is 1.87. The molecule has 176 valence electrons.